The second-order valence-corrected chi connectivity index (χ2v) is 4.27. The Morgan fingerprint density at radius 1 is 1.53 bits per heavy atom. The fourth-order valence-electron chi connectivity index (χ4n) is 1.49. The van der Waals surface area contributed by atoms with Gasteiger partial charge in [-0.2, -0.15) is 0 Å². The van der Waals surface area contributed by atoms with E-state index >= 15 is 0 Å². The van der Waals surface area contributed by atoms with E-state index < -0.39 is 0 Å². The van der Waals surface area contributed by atoms with Gasteiger partial charge in [0.25, 0.3) is 5.91 Å². The van der Waals surface area contributed by atoms with Crippen LogP contribution in [-0.4, -0.2) is 24.0 Å². The number of hydrogen-bond donors (Lipinski definition) is 2. The summed E-state index contributed by atoms with van der Waals surface area (Å²) in [5.41, 5.74) is 5.92. The van der Waals surface area contributed by atoms with Gasteiger partial charge in [-0.15, -0.1) is 0 Å². The fraction of sp³-hybridized carbons (Fsp3) is 0.333. The third kappa shape index (κ3) is 4.03. The molecule has 0 aromatic heterocycles. The summed E-state index contributed by atoms with van der Waals surface area (Å²) in [6, 6.07) is 6.96. The van der Waals surface area contributed by atoms with E-state index in [0.29, 0.717) is 22.7 Å². The Bertz CT molecular complexity index is 421. The molecule has 1 unspecified atom stereocenters. The van der Waals surface area contributed by atoms with Crippen molar-refractivity contribution in [3.8, 4) is 5.75 Å². The number of nitrogens with two attached hydrogens (primary N) is 1. The Morgan fingerprint density at radius 2 is 2.18 bits per heavy atom. The standard InChI is InChI=1S/C12H16N2O2S/c1-8(7-11(13)17)14-12(15)9-5-3-4-6-10(9)16-2/h3-6,8H,7H2,1-2H3,(H2,13,17)(H,14,15). The molecule has 5 heteroatoms. The van der Waals surface area contributed by atoms with Crippen molar-refractivity contribution in [1.29, 1.82) is 0 Å². The zero-order valence-corrected chi connectivity index (χ0v) is 10.7. The second-order valence-electron chi connectivity index (χ2n) is 3.75. The van der Waals surface area contributed by atoms with Crippen LogP contribution in [0.1, 0.15) is 23.7 Å². The van der Waals surface area contributed by atoms with Crippen LogP contribution in [0.4, 0.5) is 0 Å². The number of para-hydroxylation sites is 1. The number of thiocarbonyl (C=S) groups is 1. The van der Waals surface area contributed by atoms with Gasteiger partial charge < -0.3 is 15.8 Å². The predicted octanol–water partition coefficient (Wildman–Crippen LogP) is 1.49. The van der Waals surface area contributed by atoms with Gasteiger partial charge >= 0.3 is 0 Å². The molecule has 4 nitrogen and oxygen atoms in total. The number of benzene rings is 1. The van der Waals surface area contributed by atoms with Crippen molar-refractivity contribution < 1.29 is 9.53 Å². The van der Waals surface area contributed by atoms with Gasteiger partial charge in [-0.05, 0) is 19.1 Å². The molecular weight excluding hydrogens is 236 g/mol. The maximum atomic E-state index is 11.9. The van der Waals surface area contributed by atoms with Crippen molar-refractivity contribution in [3.05, 3.63) is 29.8 Å². The highest BCUT2D eigenvalue weighted by atomic mass is 32.1. The first-order chi connectivity index (χ1) is 8.04. The maximum absolute atomic E-state index is 11.9. The van der Waals surface area contributed by atoms with Gasteiger partial charge in [0.05, 0.1) is 17.7 Å². The lowest BCUT2D eigenvalue weighted by Crippen LogP contribution is -2.35. The molecule has 0 saturated heterocycles. The minimum absolute atomic E-state index is 0.0927. The van der Waals surface area contributed by atoms with Crippen LogP contribution in [0.25, 0.3) is 0 Å². The average Bonchev–Trinajstić information content (AvgIpc) is 2.27. The highest BCUT2D eigenvalue weighted by molar-refractivity contribution is 7.80. The van der Waals surface area contributed by atoms with Crippen LogP contribution >= 0.6 is 12.2 Å². The monoisotopic (exact) mass is 252 g/mol. The molecule has 3 N–H and O–H groups in total. The molecule has 1 amide bonds. The molecule has 0 heterocycles. The van der Waals surface area contributed by atoms with Crippen molar-refractivity contribution in [2.24, 2.45) is 5.73 Å². The SMILES string of the molecule is COc1ccccc1C(=O)NC(C)CC(N)=S. The lowest BCUT2D eigenvalue weighted by atomic mass is 10.1. The summed E-state index contributed by atoms with van der Waals surface area (Å²) in [5, 5.41) is 2.82. The number of ether oxygens (including phenoxy) is 1. The molecular formula is C12H16N2O2S. The Labute approximate surface area is 106 Å². The number of rotatable bonds is 5. The van der Waals surface area contributed by atoms with Crippen LogP contribution in [0.3, 0.4) is 0 Å². The molecule has 0 saturated carbocycles. The molecule has 0 bridgehead atoms. The highest BCUT2D eigenvalue weighted by Crippen LogP contribution is 2.17. The number of carbonyl (C=O) groups excluding carboxylic acids is 1. The summed E-state index contributed by atoms with van der Waals surface area (Å²) in [5.74, 6) is 0.360. The van der Waals surface area contributed by atoms with Crippen LogP contribution in [0.15, 0.2) is 24.3 Å². The quantitative estimate of drug-likeness (QED) is 0.779. The summed E-state index contributed by atoms with van der Waals surface area (Å²) in [6.07, 6.45) is 0.482. The van der Waals surface area contributed by atoms with Crippen molar-refractivity contribution in [1.82, 2.24) is 5.32 Å². The Kier molecular flexibility index (Phi) is 4.90. The van der Waals surface area contributed by atoms with Crippen molar-refractivity contribution in [2.45, 2.75) is 19.4 Å². The Balaban J connectivity index is 2.72. The first-order valence-corrected chi connectivity index (χ1v) is 5.67. The normalized spacial score (nSPS) is 11.6. The number of amides is 1. The molecule has 0 aliphatic carbocycles. The number of methoxy groups -OCH3 is 1. The van der Waals surface area contributed by atoms with Crippen LogP contribution in [0.2, 0.25) is 0 Å². The first-order valence-electron chi connectivity index (χ1n) is 5.26. The average molecular weight is 252 g/mol. The molecule has 0 radical (unpaired) electrons. The van der Waals surface area contributed by atoms with Gasteiger partial charge in [-0.1, -0.05) is 24.4 Å². The van der Waals surface area contributed by atoms with Gasteiger partial charge in [-0.25, -0.2) is 0 Å². The predicted molar refractivity (Wildman–Crippen MR) is 71.3 cm³/mol. The summed E-state index contributed by atoms with van der Waals surface area (Å²) < 4.78 is 5.12. The first kappa shape index (κ1) is 13.4. The molecule has 1 atom stereocenters. The molecule has 17 heavy (non-hydrogen) atoms. The smallest absolute Gasteiger partial charge is 0.255 e. The van der Waals surface area contributed by atoms with Crippen molar-refractivity contribution in [3.63, 3.8) is 0 Å². The van der Waals surface area contributed by atoms with Crippen LogP contribution in [-0.2, 0) is 0 Å². The van der Waals surface area contributed by atoms with Crippen molar-refractivity contribution in [2.75, 3.05) is 7.11 Å². The van der Waals surface area contributed by atoms with Gasteiger partial charge in [0.15, 0.2) is 0 Å². The van der Waals surface area contributed by atoms with Crippen LogP contribution < -0.4 is 15.8 Å². The number of nitrogens with one attached hydrogen (secondary N) is 1. The maximum Gasteiger partial charge on any atom is 0.255 e. The van der Waals surface area contributed by atoms with Gasteiger partial charge in [0.2, 0.25) is 0 Å². The van der Waals surface area contributed by atoms with E-state index in [0.717, 1.165) is 0 Å². The molecule has 1 rings (SSSR count). The Hall–Kier alpha value is -1.62. The molecule has 1 aromatic rings. The highest BCUT2D eigenvalue weighted by Gasteiger charge is 2.14. The molecule has 92 valence electrons. The minimum Gasteiger partial charge on any atom is -0.496 e. The summed E-state index contributed by atoms with van der Waals surface area (Å²) >= 11 is 4.79. The van der Waals surface area contributed by atoms with Gasteiger partial charge in [0.1, 0.15) is 5.75 Å². The fourth-order valence-corrected chi connectivity index (χ4v) is 1.74. The number of hydrogen-bond acceptors (Lipinski definition) is 3. The van der Waals surface area contributed by atoms with Crippen LogP contribution in [0, 0.1) is 0 Å². The summed E-state index contributed by atoms with van der Waals surface area (Å²) in [6.45, 7) is 1.85. The van der Waals surface area contributed by atoms with Crippen molar-refractivity contribution >= 4 is 23.1 Å². The molecule has 0 fully saturated rings. The summed E-state index contributed by atoms with van der Waals surface area (Å²) in [4.78, 5) is 12.3. The van der Waals surface area contributed by atoms with E-state index in [9.17, 15) is 4.79 Å². The molecule has 0 aliphatic heterocycles. The van der Waals surface area contributed by atoms with Crippen LogP contribution in [0.5, 0.6) is 5.75 Å². The van der Waals surface area contributed by atoms with Gasteiger partial charge in [-0.3, -0.25) is 4.79 Å². The van der Waals surface area contributed by atoms with Gasteiger partial charge in [0, 0.05) is 12.5 Å². The third-order valence-electron chi connectivity index (χ3n) is 2.24. The third-order valence-corrected chi connectivity index (χ3v) is 2.40. The van der Waals surface area contributed by atoms with E-state index in [1.807, 2.05) is 13.0 Å². The van der Waals surface area contributed by atoms with E-state index in [1.54, 1.807) is 18.2 Å². The van der Waals surface area contributed by atoms with E-state index in [4.69, 9.17) is 22.7 Å². The molecule has 0 aliphatic rings. The lowest BCUT2D eigenvalue weighted by molar-refractivity contribution is 0.0938. The minimum atomic E-state index is -0.189. The summed E-state index contributed by atoms with van der Waals surface area (Å²) in [7, 11) is 1.53. The number of carbonyl (C=O) groups is 1. The Morgan fingerprint density at radius 3 is 2.76 bits per heavy atom. The molecule has 0 spiro atoms. The van der Waals surface area contributed by atoms with E-state index in [-0.39, 0.29) is 11.9 Å². The zero-order chi connectivity index (χ0) is 12.8. The zero-order valence-electron chi connectivity index (χ0n) is 9.90. The van der Waals surface area contributed by atoms with E-state index in [1.165, 1.54) is 7.11 Å². The van der Waals surface area contributed by atoms with E-state index in [2.05, 4.69) is 5.32 Å². The molecule has 1 aromatic carbocycles. The largest absolute Gasteiger partial charge is 0.496 e. The second kappa shape index (κ2) is 6.20. The lowest BCUT2D eigenvalue weighted by Gasteiger charge is -2.14. The topological polar surface area (TPSA) is 64.3 Å².